The highest BCUT2D eigenvalue weighted by Gasteiger charge is 2.39. The first-order valence-corrected chi connectivity index (χ1v) is 6.76. The van der Waals surface area contributed by atoms with Crippen LogP contribution in [-0.2, 0) is 10.0 Å². The quantitative estimate of drug-likeness (QED) is 0.746. The first kappa shape index (κ1) is 9.46. The van der Waals surface area contributed by atoms with Crippen LogP contribution in [0.3, 0.4) is 0 Å². The fourth-order valence-corrected chi connectivity index (χ4v) is 3.68. The Morgan fingerprint density at radius 2 is 2.00 bits per heavy atom. The predicted octanol–water partition coefficient (Wildman–Crippen LogP) is 1.10. The van der Waals surface area contributed by atoms with Crippen molar-refractivity contribution in [2.45, 2.75) is 32.1 Å². The summed E-state index contributed by atoms with van der Waals surface area (Å²) in [4.78, 5) is 0. The topological polar surface area (TPSA) is 60.2 Å². The van der Waals surface area contributed by atoms with Crippen molar-refractivity contribution < 1.29 is 8.42 Å². The molecule has 3 nitrogen and oxygen atoms in total. The Hall–Kier alpha value is -0.0900. The summed E-state index contributed by atoms with van der Waals surface area (Å²) < 4.78 is 21.5. The van der Waals surface area contributed by atoms with Crippen molar-refractivity contribution in [3.05, 3.63) is 0 Å². The Bertz CT molecular complexity index is 286. The van der Waals surface area contributed by atoms with Gasteiger partial charge < -0.3 is 0 Å². The largest absolute Gasteiger partial charge is 0.229 e. The summed E-state index contributed by atoms with van der Waals surface area (Å²) in [5.74, 6) is 2.54. The number of fused-ring (bicyclic) bond motifs is 2. The van der Waals surface area contributed by atoms with E-state index in [4.69, 9.17) is 5.14 Å². The average molecular weight is 203 g/mol. The van der Waals surface area contributed by atoms with Gasteiger partial charge in [-0.3, -0.25) is 0 Å². The third kappa shape index (κ3) is 2.23. The molecule has 2 bridgehead atoms. The first-order valence-electron chi connectivity index (χ1n) is 5.05. The van der Waals surface area contributed by atoms with Crippen LogP contribution < -0.4 is 5.14 Å². The van der Waals surface area contributed by atoms with Crippen molar-refractivity contribution in [3.8, 4) is 0 Å². The Kier molecular flexibility index (Phi) is 2.36. The molecule has 0 spiro atoms. The minimum Gasteiger partial charge on any atom is -0.229 e. The van der Waals surface area contributed by atoms with E-state index in [1.165, 1.54) is 25.7 Å². The molecule has 0 aliphatic heterocycles. The van der Waals surface area contributed by atoms with Gasteiger partial charge in [-0.2, -0.15) is 0 Å². The molecule has 0 saturated heterocycles. The molecule has 0 aromatic carbocycles. The lowest BCUT2D eigenvalue weighted by Crippen LogP contribution is -2.21. The summed E-state index contributed by atoms with van der Waals surface area (Å²) in [5.41, 5.74) is 0. The summed E-state index contributed by atoms with van der Waals surface area (Å²) in [6, 6.07) is 0. The highest BCUT2D eigenvalue weighted by atomic mass is 32.2. The normalized spacial score (nSPS) is 38.4. The minimum absolute atomic E-state index is 0.181. The third-order valence-electron chi connectivity index (χ3n) is 3.66. The molecule has 13 heavy (non-hydrogen) atoms. The molecule has 2 rings (SSSR count). The predicted molar refractivity (Wildman–Crippen MR) is 51.5 cm³/mol. The van der Waals surface area contributed by atoms with E-state index in [0.717, 1.165) is 18.3 Å². The van der Waals surface area contributed by atoms with Crippen molar-refractivity contribution in [1.29, 1.82) is 0 Å². The van der Waals surface area contributed by atoms with Gasteiger partial charge in [-0.25, -0.2) is 13.6 Å². The van der Waals surface area contributed by atoms with Gasteiger partial charge in [0, 0.05) is 0 Å². The summed E-state index contributed by atoms with van der Waals surface area (Å²) in [5, 5.41) is 4.98. The van der Waals surface area contributed by atoms with Crippen LogP contribution in [0, 0.1) is 17.8 Å². The molecule has 0 aromatic heterocycles. The zero-order valence-electron chi connectivity index (χ0n) is 7.78. The zero-order valence-corrected chi connectivity index (χ0v) is 8.59. The van der Waals surface area contributed by atoms with Gasteiger partial charge >= 0.3 is 0 Å². The number of hydrogen-bond donors (Lipinski definition) is 1. The fourth-order valence-electron chi connectivity index (χ4n) is 3.05. The van der Waals surface area contributed by atoms with Crippen molar-refractivity contribution in [3.63, 3.8) is 0 Å². The molecule has 2 N–H and O–H groups in total. The molecule has 0 radical (unpaired) electrons. The Balaban J connectivity index is 1.84. The first-order chi connectivity index (χ1) is 6.04. The molecule has 0 aromatic rings. The minimum atomic E-state index is -3.23. The van der Waals surface area contributed by atoms with E-state index in [1.807, 2.05) is 0 Å². The van der Waals surface area contributed by atoms with E-state index in [2.05, 4.69) is 0 Å². The van der Waals surface area contributed by atoms with Gasteiger partial charge in [-0.15, -0.1) is 0 Å². The fraction of sp³-hybridized carbons (Fsp3) is 1.00. The smallest absolute Gasteiger partial charge is 0.209 e. The van der Waals surface area contributed by atoms with E-state index in [1.54, 1.807) is 0 Å². The number of rotatable bonds is 3. The maximum atomic E-state index is 10.8. The lowest BCUT2D eigenvalue weighted by molar-refractivity contribution is 0.325. The monoisotopic (exact) mass is 203 g/mol. The van der Waals surface area contributed by atoms with Crippen molar-refractivity contribution in [2.75, 3.05) is 5.75 Å². The second kappa shape index (κ2) is 3.24. The SMILES string of the molecule is NS(=O)(=O)CCC1CC2CCC1C2. The van der Waals surface area contributed by atoms with Gasteiger partial charge in [-0.05, 0) is 43.4 Å². The standard InChI is InChI=1S/C9H17NO2S/c10-13(11,12)4-3-9-6-7-1-2-8(9)5-7/h7-9H,1-6H2,(H2,10,11,12). The van der Waals surface area contributed by atoms with Crippen LogP contribution in [0.2, 0.25) is 0 Å². The maximum absolute atomic E-state index is 10.8. The maximum Gasteiger partial charge on any atom is 0.209 e. The molecular formula is C9H17NO2S. The van der Waals surface area contributed by atoms with Crippen molar-refractivity contribution >= 4 is 10.0 Å². The molecule has 3 atom stereocenters. The summed E-state index contributed by atoms with van der Waals surface area (Å²) >= 11 is 0. The van der Waals surface area contributed by atoms with E-state index in [0.29, 0.717) is 5.92 Å². The van der Waals surface area contributed by atoms with E-state index in [9.17, 15) is 8.42 Å². The summed E-state index contributed by atoms with van der Waals surface area (Å²) in [6.45, 7) is 0. The van der Waals surface area contributed by atoms with Gasteiger partial charge in [0.05, 0.1) is 5.75 Å². The molecule has 2 fully saturated rings. The van der Waals surface area contributed by atoms with Gasteiger partial charge in [0.1, 0.15) is 0 Å². The van der Waals surface area contributed by atoms with E-state index < -0.39 is 10.0 Å². The van der Waals surface area contributed by atoms with Crippen LogP contribution in [0.15, 0.2) is 0 Å². The molecule has 4 heteroatoms. The van der Waals surface area contributed by atoms with E-state index in [-0.39, 0.29) is 5.75 Å². The third-order valence-corrected chi connectivity index (χ3v) is 4.46. The molecule has 3 unspecified atom stereocenters. The van der Waals surface area contributed by atoms with E-state index >= 15 is 0 Å². The lowest BCUT2D eigenvalue weighted by atomic mass is 9.87. The molecule has 0 amide bonds. The molecule has 0 heterocycles. The van der Waals surface area contributed by atoms with Crippen molar-refractivity contribution in [1.82, 2.24) is 0 Å². The van der Waals surface area contributed by atoms with Crippen LogP contribution in [-0.4, -0.2) is 14.2 Å². The Labute approximate surface area is 79.7 Å². The highest BCUT2D eigenvalue weighted by Crippen LogP contribution is 2.49. The number of primary sulfonamides is 1. The van der Waals surface area contributed by atoms with Crippen molar-refractivity contribution in [2.24, 2.45) is 22.9 Å². The second-order valence-electron chi connectivity index (χ2n) is 4.59. The Morgan fingerprint density at radius 1 is 1.23 bits per heavy atom. The zero-order chi connectivity index (χ0) is 9.47. The van der Waals surface area contributed by atoms with Crippen LogP contribution in [0.5, 0.6) is 0 Å². The van der Waals surface area contributed by atoms with Gasteiger partial charge in [0.15, 0.2) is 0 Å². The molecule has 2 saturated carbocycles. The number of sulfonamides is 1. The molecule has 76 valence electrons. The molecular weight excluding hydrogens is 186 g/mol. The van der Waals surface area contributed by atoms with Crippen LogP contribution in [0.4, 0.5) is 0 Å². The lowest BCUT2D eigenvalue weighted by Gasteiger charge is -2.20. The summed E-state index contributed by atoms with van der Waals surface area (Å²) in [6.07, 6.45) is 6.08. The summed E-state index contributed by atoms with van der Waals surface area (Å²) in [7, 11) is -3.23. The molecule has 2 aliphatic rings. The van der Waals surface area contributed by atoms with Crippen LogP contribution in [0.25, 0.3) is 0 Å². The van der Waals surface area contributed by atoms with Crippen LogP contribution in [0.1, 0.15) is 32.1 Å². The average Bonchev–Trinajstić information content (AvgIpc) is 2.58. The van der Waals surface area contributed by atoms with Crippen LogP contribution >= 0.6 is 0 Å². The van der Waals surface area contributed by atoms with Gasteiger partial charge in [-0.1, -0.05) is 6.42 Å². The number of nitrogens with two attached hydrogens (primary N) is 1. The van der Waals surface area contributed by atoms with Gasteiger partial charge in [0.25, 0.3) is 0 Å². The highest BCUT2D eigenvalue weighted by molar-refractivity contribution is 7.89. The van der Waals surface area contributed by atoms with Gasteiger partial charge in [0.2, 0.25) is 10.0 Å². The second-order valence-corrected chi connectivity index (χ2v) is 6.32. The molecule has 2 aliphatic carbocycles. The number of hydrogen-bond acceptors (Lipinski definition) is 2. The Morgan fingerprint density at radius 3 is 2.46 bits per heavy atom.